The molecule has 1 unspecified atom stereocenters. The molecule has 1 atom stereocenters. The van der Waals surface area contributed by atoms with E-state index in [4.69, 9.17) is 21.4 Å². The van der Waals surface area contributed by atoms with E-state index >= 15 is 0 Å². The van der Waals surface area contributed by atoms with E-state index in [2.05, 4.69) is 5.32 Å². The zero-order valence-corrected chi connectivity index (χ0v) is 15.7. The molecule has 0 spiro atoms. The van der Waals surface area contributed by atoms with Gasteiger partial charge in [0.1, 0.15) is 5.75 Å². The lowest BCUT2D eigenvalue weighted by Crippen LogP contribution is -2.41. The molecule has 0 aliphatic carbocycles. The van der Waals surface area contributed by atoms with Crippen molar-refractivity contribution in [1.82, 2.24) is 5.32 Å². The molecule has 0 heterocycles. The fourth-order valence-corrected chi connectivity index (χ4v) is 2.66. The number of carbonyl (C=O) groups is 2. The average molecular weight is 376 g/mol. The number of hydrogen-bond acceptors (Lipinski definition) is 3. The summed E-state index contributed by atoms with van der Waals surface area (Å²) in [5.41, 5.74) is 0.999. The number of rotatable bonds is 7. The number of halogens is 1. The maximum absolute atomic E-state index is 12.8. The van der Waals surface area contributed by atoms with Gasteiger partial charge in [0.2, 0.25) is 5.91 Å². The molecule has 0 aliphatic heterocycles. The first-order valence-corrected chi connectivity index (χ1v) is 8.59. The molecule has 0 bridgehead atoms. The number of carbonyl (C=O) groups excluding carboxylic acids is 1. The number of ether oxygens (including phenoxy) is 1. The molecule has 0 saturated heterocycles. The van der Waals surface area contributed by atoms with Crippen LogP contribution in [0.1, 0.15) is 37.9 Å². The highest BCUT2D eigenvalue weighted by atomic mass is 35.5. The van der Waals surface area contributed by atoms with Gasteiger partial charge in [-0.25, -0.2) is 4.79 Å². The Kier molecular flexibility index (Phi) is 6.27. The van der Waals surface area contributed by atoms with Crippen LogP contribution in [0.4, 0.5) is 0 Å². The molecule has 2 rings (SSSR count). The summed E-state index contributed by atoms with van der Waals surface area (Å²) >= 11 is 6.04. The minimum absolute atomic E-state index is 0.113. The van der Waals surface area contributed by atoms with Crippen LogP contribution in [0.2, 0.25) is 5.02 Å². The highest BCUT2D eigenvalue weighted by Crippen LogP contribution is 2.27. The lowest BCUT2D eigenvalue weighted by atomic mass is 9.83. The topological polar surface area (TPSA) is 75.6 Å². The molecule has 6 heteroatoms. The molecule has 0 saturated carbocycles. The third kappa shape index (κ3) is 4.99. The zero-order chi connectivity index (χ0) is 19.3. The molecule has 0 aliphatic rings. The van der Waals surface area contributed by atoms with Crippen molar-refractivity contribution in [1.29, 1.82) is 0 Å². The SMILES string of the molecule is CC(NC(=O)C(C)(C)c1cccc(Cl)c1)c1ccc(OCC(=O)O)cc1. The summed E-state index contributed by atoms with van der Waals surface area (Å²) in [6.45, 7) is 5.20. The van der Waals surface area contributed by atoms with Gasteiger partial charge in [0.25, 0.3) is 0 Å². The summed E-state index contributed by atoms with van der Waals surface area (Å²) in [5, 5.41) is 12.2. The van der Waals surface area contributed by atoms with E-state index in [1.165, 1.54) is 0 Å². The summed E-state index contributed by atoms with van der Waals surface area (Å²) in [6, 6.07) is 14.0. The van der Waals surface area contributed by atoms with E-state index in [9.17, 15) is 9.59 Å². The fraction of sp³-hybridized carbons (Fsp3) is 0.300. The number of carboxylic acid groups (broad SMARTS) is 1. The highest BCUT2D eigenvalue weighted by molar-refractivity contribution is 6.30. The van der Waals surface area contributed by atoms with Gasteiger partial charge in [0, 0.05) is 5.02 Å². The lowest BCUT2D eigenvalue weighted by molar-refractivity contribution is -0.139. The van der Waals surface area contributed by atoms with Crippen LogP contribution in [-0.4, -0.2) is 23.6 Å². The van der Waals surface area contributed by atoms with Crippen molar-refractivity contribution in [2.75, 3.05) is 6.61 Å². The zero-order valence-electron chi connectivity index (χ0n) is 15.0. The monoisotopic (exact) mass is 375 g/mol. The molecule has 2 aromatic carbocycles. The van der Waals surface area contributed by atoms with Crippen LogP contribution < -0.4 is 10.1 Å². The van der Waals surface area contributed by atoms with Crippen molar-refractivity contribution in [3.05, 3.63) is 64.7 Å². The maximum atomic E-state index is 12.8. The van der Waals surface area contributed by atoms with Crippen molar-refractivity contribution in [2.45, 2.75) is 32.2 Å². The number of nitrogens with one attached hydrogen (secondary N) is 1. The minimum Gasteiger partial charge on any atom is -0.482 e. The van der Waals surface area contributed by atoms with Gasteiger partial charge in [0.15, 0.2) is 6.61 Å². The van der Waals surface area contributed by atoms with Gasteiger partial charge in [-0.3, -0.25) is 4.79 Å². The number of amides is 1. The Morgan fingerprint density at radius 3 is 2.42 bits per heavy atom. The molecule has 2 aromatic rings. The number of carboxylic acids is 1. The molecular weight excluding hydrogens is 354 g/mol. The lowest BCUT2D eigenvalue weighted by Gasteiger charge is -2.27. The molecule has 0 fully saturated rings. The molecule has 5 nitrogen and oxygen atoms in total. The van der Waals surface area contributed by atoms with E-state index in [-0.39, 0.29) is 18.6 Å². The standard InChI is InChI=1S/C20H22ClNO4/c1-13(14-7-9-17(10-8-14)26-12-18(23)24)22-19(25)20(2,3)15-5-4-6-16(21)11-15/h4-11,13H,12H2,1-3H3,(H,22,25)(H,23,24). The number of benzene rings is 2. The Hall–Kier alpha value is -2.53. The molecule has 0 radical (unpaired) electrons. The van der Waals surface area contributed by atoms with Crippen molar-refractivity contribution >= 4 is 23.5 Å². The number of aliphatic carboxylic acids is 1. The van der Waals surface area contributed by atoms with Crippen molar-refractivity contribution in [3.63, 3.8) is 0 Å². The van der Waals surface area contributed by atoms with Crippen LogP contribution in [-0.2, 0) is 15.0 Å². The molecule has 2 N–H and O–H groups in total. The summed E-state index contributed by atoms with van der Waals surface area (Å²) in [6.07, 6.45) is 0. The van der Waals surface area contributed by atoms with Gasteiger partial charge in [-0.1, -0.05) is 35.9 Å². The summed E-state index contributed by atoms with van der Waals surface area (Å²) in [4.78, 5) is 23.3. The minimum atomic E-state index is -1.03. The van der Waals surface area contributed by atoms with Crippen molar-refractivity contribution < 1.29 is 19.4 Å². The average Bonchev–Trinajstić information content (AvgIpc) is 2.60. The maximum Gasteiger partial charge on any atom is 0.341 e. The Bertz CT molecular complexity index is 787. The molecule has 1 amide bonds. The Morgan fingerprint density at radius 1 is 1.19 bits per heavy atom. The molecule has 138 valence electrons. The van der Waals surface area contributed by atoms with E-state index < -0.39 is 11.4 Å². The molecular formula is C20H22ClNO4. The third-order valence-corrected chi connectivity index (χ3v) is 4.44. The number of hydrogen-bond donors (Lipinski definition) is 2. The first kappa shape index (κ1) is 19.8. The van der Waals surface area contributed by atoms with Gasteiger partial charge in [0.05, 0.1) is 11.5 Å². The van der Waals surface area contributed by atoms with Crippen LogP contribution >= 0.6 is 11.6 Å². The van der Waals surface area contributed by atoms with Gasteiger partial charge in [-0.2, -0.15) is 0 Å². The highest BCUT2D eigenvalue weighted by Gasteiger charge is 2.30. The van der Waals surface area contributed by atoms with Crippen LogP contribution in [0, 0.1) is 0 Å². The first-order chi connectivity index (χ1) is 12.2. The molecule has 26 heavy (non-hydrogen) atoms. The van der Waals surface area contributed by atoms with E-state index in [0.29, 0.717) is 10.8 Å². The smallest absolute Gasteiger partial charge is 0.341 e. The van der Waals surface area contributed by atoms with E-state index in [0.717, 1.165) is 11.1 Å². The second-order valence-corrected chi connectivity index (χ2v) is 7.02. The van der Waals surface area contributed by atoms with E-state index in [1.54, 1.807) is 36.4 Å². The quantitative estimate of drug-likeness (QED) is 0.768. The predicted octanol–water partition coefficient (Wildman–Crippen LogP) is 3.96. The second-order valence-electron chi connectivity index (χ2n) is 6.58. The normalized spacial score (nSPS) is 12.3. The van der Waals surface area contributed by atoms with Gasteiger partial charge >= 0.3 is 5.97 Å². The van der Waals surface area contributed by atoms with Crippen LogP contribution in [0.25, 0.3) is 0 Å². The fourth-order valence-electron chi connectivity index (χ4n) is 2.47. The van der Waals surface area contributed by atoms with Gasteiger partial charge in [-0.05, 0) is 56.2 Å². The molecule has 0 aromatic heterocycles. The van der Waals surface area contributed by atoms with Crippen molar-refractivity contribution in [3.8, 4) is 5.75 Å². The van der Waals surface area contributed by atoms with E-state index in [1.807, 2.05) is 32.9 Å². The van der Waals surface area contributed by atoms with Crippen molar-refractivity contribution in [2.24, 2.45) is 0 Å². The summed E-state index contributed by atoms with van der Waals surface area (Å²) in [7, 11) is 0. The third-order valence-electron chi connectivity index (χ3n) is 4.20. The van der Waals surface area contributed by atoms with Gasteiger partial charge < -0.3 is 15.2 Å². The van der Waals surface area contributed by atoms with Crippen LogP contribution in [0.5, 0.6) is 5.75 Å². The first-order valence-electron chi connectivity index (χ1n) is 8.21. The Labute approximate surface area is 157 Å². The second kappa shape index (κ2) is 8.23. The van der Waals surface area contributed by atoms with Crippen LogP contribution in [0.3, 0.4) is 0 Å². The summed E-state index contributed by atoms with van der Waals surface area (Å²) in [5.74, 6) is -0.676. The van der Waals surface area contributed by atoms with Gasteiger partial charge in [-0.15, -0.1) is 0 Å². The summed E-state index contributed by atoms with van der Waals surface area (Å²) < 4.78 is 5.11. The largest absolute Gasteiger partial charge is 0.482 e. The Balaban J connectivity index is 2.05. The van der Waals surface area contributed by atoms with Crippen LogP contribution in [0.15, 0.2) is 48.5 Å². The Morgan fingerprint density at radius 2 is 1.85 bits per heavy atom. The predicted molar refractivity (Wildman–Crippen MR) is 101 cm³/mol.